The second kappa shape index (κ2) is 7.33. The Labute approximate surface area is 134 Å². The van der Waals surface area contributed by atoms with Gasteiger partial charge in [0, 0.05) is 23.7 Å². The van der Waals surface area contributed by atoms with Crippen molar-refractivity contribution in [2.45, 2.75) is 26.5 Å². The molecule has 3 N–H and O–H groups in total. The minimum atomic E-state index is -0.777. The summed E-state index contributed by atoms with van der Waals surface area (Å²) >= 11 is 5.79. The highest BCUT2D eigenvalue weighted by atomic mass is 35.5. The Balaban J connectivity index is 1.77. The van der Waals surface area contributed by atoms with E-state index in [0.29, 0.717) is 17.1 Å². The van der Waals surface area contributed by atoms with Crippen LogP contribution in [0.15, 0.2) is 34.7 Å². The lowest BCUT2D eigenvalue weighted by Gasteiger charge is -2.13. The molecule has 0 aliphatic heterocycles. The summed E-state index contributed by atoms with van der Waals surface area (Å²) in [5.41, 5.74) is 1.64. The molecule has 2 aromatic rings. The molecular weight excluding hydrogens is 304 g/mol. The molecule has 0 spiro atoms. The lowest BCUT2D eigenvalue weighted by molar-refractivity contribution is 0.173. The van der Waals surface area contributed by atoms with Crippen LogP contribution in [0.25, 0.3) is 0 Å². The normalized spacial score (nSPS) is 12.0. The molecule has 0 saturated carbocycles. The van der Waals surface area contributed by atoms with Crippen molar-refractivity contribution in [3.05, 3.63) is 58.0 Å². The summed E-state index contributed by atoms with van der Waals surface area (Å²) in [6.07, 6.45) is -0.777. The van der Waals surface area contributed by atoms with E-state index < -0.39 is 6.10 Å². The van der Waals surface area contributed by atoms with E-state index in [-0.39, 0.29) is 12.6 Å². The second-order valence-electron chi connectivity index (χ2n) is 5.07. The molecule has 118 valence electrons. The van der Waals surface area contributed by atoms with Crippen molar-refractivity contribution in [2.24, 2.45) is 0 Å². The molecule has 0 fully saturated rings. The van der Waals surface area contributed by atoms with Crippen LogP contribution in [-0.2, 0) is 6.54 Å². The maximum atomic E-state index is 11.7. The highest BCUT2D eigenvalue weighted by molar-refractivity contribution is 6.30. The predicted octanol–water partition coefficient (Wildman–Crippen LogP) is 3.08. The average molecular weight is 323 g/mol. The Morgan fingerprint density at radius 1 is 1.27 bits per heavy atom. The Morgan fingerprint density at radius 2 is 1.95 bits per heavy atom. The third kappa shape index (κ3) is 4.51. The van der Waals surface area contributed by atoms with Gasteiger partial charge in [0.25, 0.3) is 0 Å². The number of aryl methyl sites for hydroxylation is 2. The Morgan fingerprint density at radius 3 is 2.55 bits per heavy atom. The maximum absolute atomic E-state index is 11.7. The average Bonchev–Trinajstić information content (AvgIpc) is 2.81. The van der Waals surface area contributed by atoms with Crippen LogP contribution in [0.1, 0.15) is 28.8 Å². The van der Waals surface area contributed by atoms with Crippen LogP contribution in [0.5, 0.6) is 0 Å². The molecule has 5 nitrogen and oxygen atoms in total. The zero-order chi connectivity index (χ0) is 16.1. The molecule has 2 rings (SSSR count). The number of urea groups is 1. The van der Waals surface area contributed by atoms with E-state index in [1.165, 1.54) is 0 Å². The molecule has 0 aliphatic carbocycles. The van der Waals surface area contributed by atoms with Crippen LogP contribution in [0.3, 0.4) is 0 Å². The van der Waals surface area contributed by atoms with Gasteiger partial charge in [-0.05, 0) is 37.6 Å². The maximum Gasteiger partial charge on any atom is 0.315 e. The monoisotopic (exact) mass is 322 g/mol. The smallest absolute Gasteiger partial charge is 0.315 e. The van der Waals surface area contributed by atoms with Gasteiger partial charge in [-0.25, -0.2) is 4.79 Å². The number of amides is 2. The predicted molar refractivity (Wildman–Crippen MR) is 84.8 cm³/mol. The van der Waals surface area contributed by atoms with E-state index >= 15 is 0 Å². The molecule has 0 aliphatic rings. The number of aliphatic hydroxyl groups excluding tert-OH is 1. The first-order valence-electron chi connectivity index (χ1n) is 6.97. The second-order valence-corrected chi connectivity index (χ2v) is 5.51. The summed E-state index contributed by atoms with van der Waals surface area (Å²) in [5, 5.41) is 16.0. The van der Waals surface area contributed by atoms with Crippen molar-refractivity contribution in [1.29, 1.82) is 0 Å². The number of rotatable bonds is 5. The van der Waals surface area contributed by atoms with Gasteiger partial charge in [0.15, 0.2) is 0 Å². The molecular formula is C16H19ClN2O3. The summed E-state index contributed by atoms with van der Waals surface area (Å²) in [4.78, 5) is 11.7. The van der Waals surface area contributed by atoms with Crippen LogP contribution < -0.4 is 10.6 Å². The third-order valence-electron chi connectivity index (χ3n) is 3.29. The van der Waals surface area contributed by atoms with Gasteiger partial charge in [0.1, 0.15) is 11.5 Å². The van der Waals surface area contributed by atoms with Crippen LogP contribution >= 0.6 is 11.6 Å². The largest absolute Gasteiger partial charge is 0.466 e. The number of aliphatic hydroxyl groups is 1. The van der Waals surface area contributed by atoms with Gasteiger partial charge in [-0.2, -0.15) is 0 Å². The van der Waals surface area contributed by atoms with Gasteiger partial charge >= 0.3 is 6.03 Å². The van der Waals surface area contributed by atoms with E-state index in [4.69, 9.17) is 16.0 Å². The van der Waals surface area contributed by atoms with Crippen LogP contribution in [0, 0.1) is 13.8 Å². The van der Waals surface area contributed by atoms with E-state index in [9.17, 15) is 9.90 Å². The first-order chi connectivity index (χ1) is 10.5. The molecule has 0 saturated heterocycles. The highest BCUT2D eigenvalue weighted by Gasteiger charge is 2.10. The molecule has 6 heteroatoms. The molecule has 1 heterocycles. The number of carbonyl (C=O) groups excluding carboxylic acids is 1. The third-order valence-corrected chi connectivity index (χ3v) is 3.55. The number of furan rings is 1. The van der Waals surface area contributed by atoms with E-state index in [0.717, 1.165) is 17.1 Å². The molecule has 0 bridgehead atoms. The molecule has 1 unspecified atom stereocenters. The summed E-state index contributed by atoms with van der Waals surface area (Å²) in [6.45, 7) is 4.22. The van der Waals surface area contributed by atoms with Crippen molar-refractivity contribution in [1.82, 2.24) is 10.6 Å². The minimum absolute atomic E-state index is 0.122. The number of carbonyl (C=O) groups is 1. The zero-order valence-corrected chi connectivity index (χ0v) is 13.3. The Kier molecular flexibility index (Phi) is 5.46. The number of nitrogens with one attached hydrogen (secondary N) is 2. The van der Waals surface area contributed by atoms with Gasteiger partial charge in [-0.15, -0.1) is 0 Å². The standard InChI is InChI=1S/C16H19ClN2O3/c1-10-7-13(11(2)22-10)8-18-16(21)19-9-15(20)12-3-5-14(17)6-4-12/h3-7,15,20H,8-9H2,1-2H3,(H2,18,19,21). The van der Waals surface area contributed by atoms with Gasteiger partial charge in [0.2, 0.25) is 0 Å². The van der Waals surface area contributed by atoms with E-state index in [1.54, 1.807) is 24.3 Å². The zero-order valence-electron chi connectivity index (χ0n) is 12.5. The molecule has 1 aromatic carbocycles. The summed E-state index contributed by atoms with van der Waals surface area (Å²) < 4.78 is 5.39. The molecule has 2 amide bonds. The first kappa shape index (κ1) is 16.4. The topological polar surface area (TPSA) is 74.5 Å². The van der Waals surface area contributed by atoms with Crippen LogP contribution in [-0.4, -0.2) is 17.7 Å². The summed E-state index contributed by atoms with van der Waals surface area (Å²) in [7, 11) is 0. The fourth-order valence-electron chi connectivity index (χ4n) is 2.09. The Bertz CT molecular complexity index is 637. The quantitative estimate of drug-likeness (QED) is 0.792. The van der Waals surface area contributed by atoms with E-state index in [1.807, 2.05) is 19.9 Å². The van der Waals surface area contributed by atoms with Gasteiger partial charge in [0.05, 0.1) is 6.10 Å². The van der Waals surface area contributed by atoms with Crippen molar-refractivity contribution in [3.63, 3.8) is 0 Å². The first-order valence-corrected chi connectivity index (χ1v) is 7.34. The number of benzene rings is 1. The minimum Gasteiger partial charge on any atom is -0.466 e. The molecule has 22 heavy (non-hydrogen) atoms. The number of hydrogen-bond acceptors (Lipinski definition) is 3. The summed E-state index contributed by atoms with van der Waals surface area (Å²) in [5.74, 6) is 1.60. The van der Waals surface area contributed by atoms with Crippen LogP contribution in [0.4, 0.5) is 4.79 Å². The summed E-state index contributed by atoms with van der Waals surface area (Å²) in [6, 6.07) is 8.40. The SMILES string of the molecule is Cc1cc(CNC(=O)NCC(O)c2ccc(Cl)cc2)c(C)o1. The fraction of sp³-hybridized carbons (Fsp3) is 0.312. The number of hydrogen-bond donors (Lipinski definition) is 3. The Hall–Kier alpha value is -1.98. The molecule has 1 atom stereocenters. The molecule has 0 radical (unpaired) electrons. The number of halogens is 1. The van der Waals surface area contributed by atoms with Crippen molar-refractivity contribution < 1.29 is 14.3 Å². The van der Waals surface area contributed by atoms with Crippen molar-refractivity contribution in [2.75, 3.05) is 6.54 Å². The lowest BCUT2D eigenvalue weighted by atomic mass is 10.1. The van der Waals surface area contributed by atoms with Crippen molar-refractivity contribution >= 4 is 17.6 Å². The fourth-order valence-corrected chi connectivity index (χ4v) is 2.22. The van der Waals surface area contributed by atoms with Gasteiger partial charge in [-0.3, -0.25) is 0 Å². The van der Waals surface area contributed by atoms with E-state index in [2.05, 4.69) is 10.6 Å². The van der Waals surface area contributed by atoms with Gasteiger partial charge in [-0.1, -0.05) is 23.7 Å². The van der Waals surface area contributed by atoms with Gasteiger partial charge < -0.3 is 20.2 Å². The highest BCUT2D eigenvalue weighted by Crippen LogP contribution is 2.16. The van der Waals surface area contributed by atoms with Crippen LogP contribution in [0.2, 0.25) is 5.02 Å². The molecule has 1 aromatic heterocycles. The van der Waals surface area contributed by atoms with Crippen molar-refractivity contribution in [3.8, 4) is 0 Å². The lowest BCUT2D eigenvalue weighted by Crippen LogP contribution is -2.37.